The molecular weight excluding hydrogens is 383 g/mol. The molecule has 0 aliphatic heterocycles. The van der Waals surface area contributed by atoms with Gasteiger partial charge in [0.2, 0.25) is 0 Å². The van der Waals surface area contributed by atoms with Crippen LogP contribution >= 0.6 is 24.0 Å². The van der Waals surface area contributed by atoms with Gasteiger partial charge in [-0.05, 0) is 18.6 Å². The number of rotatable bonds is 6. The van der Waals surface area contributed by atoms with E-state index in [1.165, 1.54) is 0 Å². The van der Waals surface area contributed by atoms with Crippen LogP contribution in [0.5, 0.6) is 0 Å². The lowest BCUT2D eigenvalue weighted by Crippen LogP contribution is -2.33. The van der Waals surface area contributed by atoms with Crippen molar-refractivity contribution < 1.29 is 4.52 Å². The highest BCUT2D eigenvalue weighted by atomic mass is 127. The van der Waals surface area contributed by atoms with Crippen molar-refractivity contribution in [3.8, 4) is 11.6 Å². The fourth-order valence-corrected chi connectivity index (χ4v) is 1.54. The fraction of sp³-hybridized carbons (Fsp3) is 0.385. The highest BCUT2D eigenvalue weighted by Crippen LogP contribution is 2.12. The predicted octanol–water partition coefficient (Wildman–Crippen LogP) is 1.61. The second-order valence-electron chi connectivity index (χ2n) is 4.17. The molecule has 8 heteroatoms. The van der Waals surface area contributed by atoms with Crippen molar-refractivity contribution in [1.29, 1.82) is 0 Å². The maximum absolute atomic E-state index is 5.68. The number of hydrogen-bond donors (Lipinski definition) is 2. The van der Waals surface area contributed by atoms with Crippen LogP contribution in [0, 0.1) is 0 Å². The molecule has 0 fully saturated rings. The van der Waals surface area contributed by atoms with Gasteiger partial charge in [-0.1, -0.05) is 18.1 Å². The van der Waals surface area contributed by atoms with Crippen LogP contribution in [0.25, 0.3) is 11.6 Å². The van der Waals surface area contributed by atoms with E-state index >= 15 is 0 Å². The van der Waals surface area contributed by atoms with Crippen molar-refractivity contribution in [1.82, 2.24) is 20.4 Å². The van der Waals surface area contributed by atoms with Crippen molar-refractivity contribution >= 4 is 29.9 Å². The average Bonchev–Trinajstić information content (AvgIpc) is 2.95. The van der Waals surface area contributed by atoms with Gasteiger partial charge in [0, 0.05) is 25.7 Å². The van der Waals surface area contributed by atoms with E-state index in [0.717, 1.165) is 13.0 Å². The van der Waals surface area contributed by atoms with Gasteiger partial charge >= 0.3 is 0 Å². The molecule has 0 aliphatic rings. The van der Waals surface area contributed by atoms with Gasteiger partial charge in [0.15, 0.2) is 11.8 Å². The van der Waals surface area contributed by atoms with Crippen molar-refractivity contribution in [2.75, 3.05) is 13.1 Å². The van der Waals surface area contributed by atoms with Gasteiger partial charge in [-0.2, -0.15) is 4.98 Å². The number of nitrogens with one attached hydrogen (secondary N) is 1. The Morgan fingerprint density at radius 3 is 3.00 bits per heavy atom. The lowest BCUT2D eigenvalue weighted by atomic mass is 10.3. The van der Waals surface area contributed by atoms with Crippen LogP contribution in [-0.4, -0.2) is 34.2 Å². The first-order valence-electron chi connectivity index (χ1n) is 6.57. The molecule has 7 nitrogen and oxygen atoms in total. The number of guanidine groups is 1. The van der Waals surface area contributed by atoms with Crippen molar-refractivity contribution in [3.63, 3.8) is 0 Å². The zero-order valence-electron chi connectivity index (χ0n) is 11.8. The Morgan fingerprint density at radius 1 is 1.43 bits per heavy atom. The Morgan fingerprint density at radius 2 is 2.29 bits per heavy atom. The Bertz CT molecular complexity index is 557. The molecular formula is C13H19IN6O. The monoisotopic (exact) mass is 402 g/mol. The van der Waals surface area contributed by atoms with Crippen molar-refractivity contribution in [2.45, 2.75) is 19.8 Å². The number of aliphatic imine (C=N–C) groups is 1. The Labute approximate surface area is 140 Å². The topological polar surface area (TPSA) is 102 Å². The highest BCUT2D eigenvalue weighted by molar-refractivity contribution is 14.0. The molecule has 21 heavy (non-hydrogen) atoms. The average molecular weight is 402 g/mol. The summed E-state index contributed by atoms with van der Waals surface area (Å²) in [6, 6.07) is 5.53. The molecule has 0 bridgehead atoms. The van der Waals surface area contributed by atoms with Gasteiger partial charge in [0.05, 0.1) is 0 Å². The first kappa shape index (κ1) is 17.3. The second kappa shape index (κ2) is 9.27. The zero-order chi connectivity index (χ0) is 14.2. The third-order valence-corrected chi connectivity index (χ3v) is 2.51. The minimum atomic E-state index is 0. The number of halogens is 1. The van der Waals surface area contributed by atoms with Crippen LogP contribution in [0.2, 0.25) is 0 Å². The summed E-state index contributed by atoms with van der Waals surface area (Å²) in [5.74, 6) is 1.48. The molecule has 0 radical (unpaired) electrons. The van der Waals surface area contributed by atoms with E-state index in [4.69, 9.17) is 10.3 Å². The maximum atomic E-state index is 5.68. The molecule has 0 amide bonds. The Hall–Kier alpha value is -1.71. The summed E-state index contributed by atoms with van der Waals surface area (Å²) < 4.78 is 5.16. The molecule has 114 valence electrons. The largest absolute Gasteiger partial charge is 0.370 e. The molecule has 0 aliphatic carbocycles. The normalized spacial score (nSPS) is 11.0. The number of pyridine rings is 1. The molecule has 0 saturated carbocycles. The molecule has 0 atom stereocenters. The SMILES string of the molecule is CCCN=C(N)NCCc1noc(-c2ccccn2)n1.I. The second-order valence-corrected chi connectivity index (χ2v) is 4.17. The van der Waals surface area contributed by atoms with E-state index in [-0.39, 0.29) is 24.0 Å². The van der Waals surface area contributed by atoms with Crippen LogP contribution in [0.1, 0.15) is 19.2 Å². The van der Waals surface area contributed by atoms with Crippen LogP contribution < -0.4 is 11.1 Å². The van der Waals surface area contributed by atoms with Gasteiger partial charge in [0.25, 0.3) is 5.89 Å². The van der Waals surface area contributed by atoms with E-state index in [2.05, 4.69) is 32.4 Å². The molecule has 0 aromatic carbocycles. The van der Waals surface area contributed by atoms with Gasteiger partial charge in [-0.3, -0.25) is 9.98 Å². The Kier molecular flexibility index (Phi) is 7.65. The Balaban J connectivity index is 0.00000220. The lowest BCUT2D eigenvalue weighted by Gasteiger charge is -2.02. The van der Waals surface area contributed by atoms with E-state index in [0.29, 0.717) is 36.3 Å². The van der Waals surface area contributed by atoms with Crippen molar-refractivity contribution in [2.24, 2.45) is 10.7 Å². The third-order valence-electron chi connectivity index (χ3n) is 2.51. The molecule has 0 spiro atoms. The fourth-order valence-electron chi connectivity index (χ4n) is 1.54. The first-order chi connectivity index (χ1) is 9.79. The molecule has 2 heterocycles. The van der Waals surface area contributed by atoms with Gasteiger partial charge in [0.1, 0.15) is 5.69 Å². The summed E-state index contributed by atoms with van der Waals surface area (Å²) in [4.78, 5) is 12.6. The van der Waals surface area contributed by atoms with Gasteiger partial charge in [-0.25, -0.2) is 0 Å². The number of hydrogen-bond acceptors (Lipinski definition) is 5. The van der Waals surface area contributed by atoms with Crippen LogP contribution in [-0.2, 0) is 6.42 Å². The van der Waals surface area contributed by atoms with Crippen molar-refractivity contribution in [3.05, 3.63) is 30.2 Å². The summed E-state index contributed by atoms with van der Waals surface area (Å²) in [5, 5.41) is 6.91. The van der Waals surface area contributed by atoms with E-state index in [9.17, 15) is 0 Å². The molecule has 0 unspecified atom stereocenters. The summed E-state index contributed by atoms with van der Waals surface area (Å²) in [7, 11) is 0. The van der Waals surface area contributed by atoms with E-state index in [1.54, 1.807) is 6.20 Å². The lowest BCUT2D eigenvalue weighted by molar-refractivity contribution is 0.421. The van der Waals surface area contributed by atoms with Crippen LogP contribution in [0.15, 0.2) is 33.9 Å². The summed E-state index contributed by atoms with van der Waals surface area (Å²) in [6.07, 6.45) is 3.27. The summed E-state index contributed by atoms with van der Waals surface area (Å²) in [6.45, 7) is 3.39. The third kappa shape index (κ3) is 5.66. The quantitative estimate of drug-likeness (QED) is 0.433. The van der Waals surface area contributed by atoms with Crippen LogP contribution in [0.3, 0.4) is 0 Å². The van der Waals surface area contributed by atoms with Gasteiger partial charge in [-0.15, -0.1) is 24.0 Å². The van der Waals surface area contributed by atoms with E-state index < -0.39 is 0 Å². The molecule has 3 N–H and O–H groups in total. The maximum Gasteiger partial charge on any atom is 0.276 e. The smallest absolute Gasteiger partial charge is 0.276 e. The number of nitrogens with two attached hydrogens (primary N) is 1. The summed E-state index contributed by atoms with van der Waals surface area (Å²) in [5.41, 5.74) is 6.35. The predicted molar refractivity (Wildman–Crippen MR) is 91.4 cm³/mol. The molecule has 2 rings (SSSR count). The zero-order valence-corrected chi connectivity index (χ0v) is 14.2. The first-order valence-corrected chi connectivity index (χ1v) is 6.57. The van der Waals surface area contributed by atoms with Crippen LogP contribution in [0.4, 0.5) is 0 Å². The van der Waals surface area contributed by atoms with E-state index in [1.807, 2.05) is 18.2 Å². The van der Waals surface area contributed by atoms with Gasteiger partial charge < -0.3 is 15.6 Å². The standard InChI is InChI=1S/C13H18N6O.HI/c1-2-7-16-13(14)17-9-6-11-18-12(20-19-11)10-5-3-4-8-15-10;/h3-5,8H,2,6-7,9H2,1H3,(H3,14,16,17);1H. The molecule has 2 aromatic rings. The minimum absolute atomic E-state index is 0. The molecule has 2 aromatic heterocycles. The summed E-state index contributed by atoms with van der Waals surface area (Å²) >= 11 is 0. The highest BCUT2D eigenvalue weighted by Gasteiger charge is 2.08. The number of aromatic nitrogens is 3. The minimum Gasteiger partial charge on any atom is -0.370 e. The molecule has 0 saturated heterocycles. The number of nitrogens with zero attached hydrogens (tertiary/aromatic N) is 4.